The van der Waals surface area contributed by atoms with E-state index in [2.05, 4.69) is 23.5 Å². The van der Waals surface area contributed by atoms with Crippen LogP contribution in [0.4, 0.5) is 0 Å². The number of pyridine rings is 1. The average molecular weight is 320 g/mol. The van der Waals surface area contributed by atoms with Crippen LogP contribution in [-0.4, -0.2) is 41.9 Å². The van der Waals surface area contributed by atoms with E-state index in [9.17, 15) is 9.90 Å². The first-order valence-corrected chi connectivity index (χ1v) is 7.26. The lowest BCUT2D eigenvalue weighted by molar-refractivity contribution is 0.0127. The van der Waals surface area contributed by atoms with Gasteiger partial charge in [-0.05, 0) is 25.8 Å². The third-order valence-corrected chi connectivity index (χ3v) is 3.63. The lowest BCUT2D eigenvalue weighted by Crippen LogP contribution is -2.50. The van der Waals surface area contributed by atoms with Gasteiger partial charge in [-0.15, -0.1) is 13.2 Å². The van der Waals surface area contributed by atoms with Gasteiger partial charge in [0.2, 0.25) is 11.8 Å². The molecule has 0 saturated carbocycles. The van der Waals surface area contributed by atoms with Gasteiger partial charge in [0.1, 0.15) is 5.56 Å². The Bertz CT molecular complexity index is 562. The number of ether oxygens (including phenoxy) is 2. The summed E-state index contributed by atoms with van der Waals surface area (Å²) in [7, 11) is 2.90. The maximum absolute atomic E-state index is 12.5. The molecule has 0 unspecified atom stereocenters. The molecule has 0 aliphatic heterocycles. The molecule has 1 atom stereocenters. The quantitative estimate of drug-likeness (QED) is 0.681. The van der Waals surface area contributed by atoms with Gasteiger partial charge in [-0.1, -0.05) is 12.2 Å². The Kier molecular flexibility index (Phi) is 6.78. The summed E-state index contributed by atoms with van der Waals surface area (Å²) < 4.78 is 10.1. The van der Waals surface area contributed by atoms with Crippen LogP contribution in [0.3, 0.4) is 0 Å². The van der Waals surface area contributed by atoms with Crippen LogP contribution >= 0.6 is 0 Å². The summed E-state index contributed by atoms with van der Waals surface area (Å²) in [5.74, 6) is 0.113. The summed E-state index contributed by atoms with van der Waals surface area (Å²) in [6.07, 6.45) is 3.89. The first kappa shape index (κ1) is 18.7. The molecule has 1 heterocycles. The fraction of sp³-hybridized carbons (Fsp3) is 0.412. The van der Waals surface area contributed by atoms with Crippen LogP contribution in [0.5, 0.6) is 11.8 Å². The minimum Gasteiger partial charge on any atom is -0.481 e. The van der Waals surface area contributed by atoms with Crippen LogP contribution in [0.15, 0.2) is 37.4 Å². The number of carbonyl (C=O) groups excluding carboxylic acids is 1. The van der Waals surface area contributed by atoms with E-state index in [0.29, 0.717) is 18.7 Å². The second-order valence-electron chi connectivity index (χ2n) is 5.19. The molecule has 0 bridgehead atoms. The molecule has 0 aliphatic carbocycles. The van der Waals surface area contributed by atoms with Gasteiger partial charge < -0.3 is 19.9 Å². The van der Waals surface area contributed by atoms with Crippen molar-refractivity contribution in [2.75, 3.05) is 14.2 Å². The largest absolute Gasteiger partial charge is 0.481 e. The molecule has 0 aliphatic rings. The number of amides is 1. The lowest BCUT2D eigenvalue weighted by Gasteiger charge is -2.33. The number of hydrogen-bond donors (Lipinski definition) is 2. The van der Waals surface area contributed by atoms with Crippen molar-refractivity contribution < 1.29 is 19.4 Å². The normalized spacial score (nSPS) is 12.2. The Labute approximate surface area is 136 Å². The fourth-order valence-corrected chi connectivity index (χ4v) is 2.21. The van der Waals surface area contributed by atoms with Gasteiger partial charge in [0.15, 0.2) is 0 Å². The highest BCUT2D eigenvalue weighted by Crippen LogP contribution is 2.23. The first-order chi connectivity index (χ1) is 10.9. The predicted octanol–water partition coefficient (Wildman–Crippen LogP) is 2.10. The number of hydrogen-bond acceptors (Lipinski definition) is 5. The number of carbonyl (C=O) groups is 1. The van der Waals surface area contributed by atoms with Crippen LogP contribution in [0.1, 0.15) is 30.1 Å². The number of nitrogens with one attached hydrogen (secondary N) is 1. The Morgan fingerprint density at radius 1 is 1.35 bits per heavy atom. The summed E-state index contributed by atoms with van der Waals surface area (Å²) in [6, 6.07) is 2.62. The molecule has 1 aromatic rings. The minimum atomic E-state index is -1.15. The molecular weight excluding hydrogens is 296 g/mol. The third kappa shape index (κ3) is 4.56. The van der Waals surface area contributed by atoms with Gasteiger partial charge in [0, 0.05) is 6.07 Å². The van der Waals surface area contributed by atoms with E-state index in [1.165, 1.54) is 14.2 Å². The lowest BCUT2D eigenvalue weighted by atomic mass is 9.88. The van der Waals surface area contributed by atoms with Crippen molar-refractivity contribution in [2.45, 2.75) is 31.4 Å². The highest BCUT2D eigenvalue weighted by Gasteiger charge is 2.33. The second kappa shape index (κ2) is 8.33. The Morgan fingerprint density at radius 2 is 1.96 bits per heavy atom. The Hall–Kier alpha value is -2.34. The molecule has 1 aromatic heterocycles. The van der Waals surface area contributed by atoms with Gasteiger partial charge in [0.05, 0.1) is 25.9 Å². The third-order valence-electron chi connectivity index (χ3n) is 3.63. The van der Waals surface area contributed by atoms with E-state index in [4.69, 9.17) is 9.47 Å². The van der Waals surface area contributed by atoms with Crippen molar-refractivity contribution in [2.24, 2.45) is 0 Å². The smallest absolute Gasteiger partial charge is 0.257 e. The Balaban J connectivity index is 2.97. The van der Waals surface area contributed by atoms with E-state index in [1.807, 2.05) is 0 Å². The Morgan fingerprint density at radius 3 is 2.43 bits per heavy atom. The van der Waals surface area contributed by atoms with Crippen LogP contribution < -0.4 is 14.8 Å². The van der Waals surface area contributed by atoms with Gasteiger partial charge in [0.25, 0.3) is 5.91 Å². The monoisotopic (exact) mass is 320 g/mol. The van der Waals surface area contributed by atoms with E-state index < -0.39 is 17.6 Å². The van der Waals surface area contributed by atoms with Crippen molar-refractivity contribution in [3.8, 4) is 11.8 Å². The summed E-state index contributed by atoms with van der Waals surface area (Å²) >= 11 is 0. The zero-order chi connectivity index (χ0) is 17.5. The highest BCUT2D eigenvalue weighted by molar-refractivity contribution is 5.96. The number of aliphatic hydroxyl groups is 1. The average Bonchev–Trinajstić information content (AvgIpc) is 2.54. The molecular formula is C17H24N2O4. The molecule has 2 N–H and O–H groups in total. The van der Waals surface area contributed by atoms with Crippen molar-refractivity contribution in [3.63, 3.8) is 0 Å². The molecule has 23 heavy (non-hydrogen) atoms. The zero-order valence-electron chi connectivity index (χ0n) is 13.8. The van der Waals surface area contributed by atoms with E-state index >= 15 is 0 Å². The molecule has 126 valence electrons. The maximum Gasteiger partial charge on any atom is 0.257 e. The van der Waals surface area contributed by atoms with Gasteiger partial charge >= 0.3 is 0 Å². The zero-order valence-corrected chi connectivity index (χ0v) is 13.8. The van der Waals surface area contributed by atoms with E-state index in [0.717, 1.165) is 0 Å². The molecule has 0 radical (unpaired) electrons. The van der Waals surface area contributed by atoms with Gasteiger partial charge in [-0.25, -0.2) is 0 Å². The van der Waals surface area contributed by atoms with Gasteiger partial charge in [-0.3, -0.25) is 4.79 Å². The number of nitrogens with zero attached hydrogens (tertiary/aromatic N) is 1. The summed E-state index contributed by atoms with van der Waals surface area (Å²) in [4.78, 5) is 16.5. The second-order valence-corrected chi connectivity index (χ2v) is 5.19. The maximum atomic E-state index is 12.5. The van der Waals surface area contributed by atoms with Crippen molar-refractivity contribution >= 4 is 5.91 Å². The van der Waals surface area contributed by atoms with Crippen molar-refractivity contribution in [3.05, 3.63) is 43.0 Å². The number of aromatic nitrogens is 1. The topological polar surface area (TPSA) is 80.7 Å². The van der Waals surface area contributed by atoms with Crippen LogP contribution in [0.25, 0.3) is 0 Å². The summed E-state index contributed by atoms with van der Waals surface area (Å²) in [6.45, 7) is 9.02. The van der Waals surface area contributed by atoms with Crippen LogP contribution in [-0.2, 0) is 0 Å². The molecule has 1 rings (SSSR count). The molecule has 0 aromatic carbocycles. The summed E-state index contributed by atoms with van der Waals surface area (Å²) in [5, 5.41) is 13.4. The van der Waals surface area contributed by atoms with E-state index in [1.54, 1.807) is 31.2 Å². The standard InChI is InChI=1S/C17H24N2O4/c1-6-10-17(21,11-7-2)12(3)18-15(20)13-8-9-14(22-4)19-16(13)23-5/h6-9,12,21H,1-2,10-11H2,3-5H3,(H,18,20)/t12-/m1/s1. The molecule has 6 nitrogen and oxygen atoms in total. The van der Waals surface area contributed by atoms with Crippen molar-refractivity contribution in [1.29, 1.82) is 0 Å². The van der Waals surface area contributed by atoms with Crippen LogP contribution in [0.2, 0.25) is 0 Å². The molecule has 0 fully saturated rings. The predicted molar refractivity (Wildman–Crippen MR) is 88.8 cm³/mol. The van der Waals surface area contributed by atoms with E-state index in [-0.39, 0.29) is 11.4 Å². The SMILES string of the molecule is C=CCC(O)(CC=C)[C@@H](C)NC(=O)c1ccc(OC)nc1OC. The fourth-order valence-electron chi connectivity index (χ4n) is 2.21. The molecule has 6 heteroatoms. The summed E-state index contributed by atoms with van der Waals surface area (Å²) in [5.41, 5.74) is -0.883. The van der Waals surface area contributed by atoms with Gasteiger partial charge in [-0.2, -0.15) is 4.98 Å². The van der Waals surface area contributed by atoms with Crippen LogP contribution in [0, 0.1) is 0 Å². The molecule has 0 saturated heterocycles. The minimum absolute atomic E-state index is 0.157. The first-order valence-electron chi connectivity index (χ1n) is 7.26. The molecule has 0 spiro atoms. The highest BCUT2D eigenvalue weighted by atomic mass is 16.5. The molecule has 1 amide bonds. The number of methoxy groups -OCH3 is 2. The number of rotatable bonds is 9. The van der Waals surface area contributed by atoms with Crippen molar-refractivity contribution in [1.82, 2.24) is 10.3 Å².